The van der Waals surface area contributed by atoms with Gasteiger partial charge in [-0.1, -0.05) is 12.1 Å². The highest BCUT2D eigenvalue weighted by molar-refractivity contribution is 6.26. The molecule has 175 valence electrons. The number of hydrogen-bond donors (Lipinski definition) is 1. The number of amides is 1. The van der Waals surface area contributed by atoms with Gasteiger partial charge in [-0.05, 0) is 25.1 Å². The molecule has 3 aliphatic rings. The molecule has 0 bridgehead atoms. The second-order valence-corrected chi connectivity index (χ2v) is 8.29. The average Bonchev–Trinajstić information content (AvgIpc) is 3.21. The number of carbonyl (C=O) groups is 1. The Morgan fingerprint density at radius 1 is 1.33 bits per heavy atom. The van der Waals surface area contributed by atoms with Gasteiger partial charge in [0, 0.05) is 28.9 Å². The maximum Gasteiger partial charge on any atom is 0.419 e. The molecule has 1 N–H and O–H groups in total. The van der Waals surface area contributed by atoms with E-state index in [2.05, 4.69) is 25.7 Å². The molecule has 0 aliphatic carbocycles. The Balaban J connectivity index is 1.60. The lowest BCUT2D eigenvalue weighted by atomic mass is 10.0. The highest BCUT2D eigenvalue weighted by Crippen LogP contribution is 2.34. The van der Waals surface area contributed by atoms with Crippen LogP contribution in [0.3, 0.4) is 0 Å². The predicted octanol–water partition coefficient (Wildman–Crippen LogP) is 2.28. The van der Waals surface area contributed by atoms with E-state index in [9.17, 15) is 22.4 Å². The van der Waals surface area contributed by atoms with Crippen molar-refractivity contribution in [1.29, 1.82) is 0 Å². The van der Waals surface area contributed by atoms with Crippen molar-refractivity contribution in [3.63, 3.8) is 0 Å². The number of hydrogen-bond acceptors (Lipinski definition) is 6. The molecule has 1 aromatic carbocycles. The van der Waals surface area contributed by atoms with Crippen LogP contribution < -0.4 is 5.32 Å². The molecule has 1 amide bonds. The number of nitrogens with one attached hydrogen (secondary N) is 1. The average molecular weight is 481 g/mol. The molecule has 0 saturated carbocycles. The quantitative estimate of drug-likeness (QED) is 0.531. The van der Waals surface area contributed by atoms with Gasteiger partial charge in [-0.25, -0.2) is 9.40 Å². The van der Waals surface area contributed by atoms with Crippen molar-refractivity contribution in [2.45, 2.75) is 31.2 Å². The van der Waals surface area contributed by atoms with Gasteiger partial charge >= 0.3 is 6.18 Å². The van der Waals surface area contributed by atoms with Crippen molar-refractivity contribution in [1.82, 2.24) is 15.2 Å². The number of hydrazone groups is 1. The van der Waals surface area contributed by atoms with E-state index in [0.29, 0.717) is 56.6 Å². The van der Waals surface area contributed by atoms with E-state index >= 15 is 0 Å². The van der Waals surface area contributed by atoms with Gasteiger partial charge in [-0.15, -0.1) is 0 Å². The minimum absolute atomic E-state index is 0.0810. The largest absolute Gasteiger partial charge is 0.419 e. The molecule has 1 fully saturated rings. The molecule has 33 heavy (non-hydrogen) atoms. The highest BCUT2D eigenvalue weighted by Gasteiger charge is 2.38. The van der Waals surface area contributed by atoms with Crippen LogP contribution in [0.4, 0.5) is 17.6 Å². The summed E-state index contributed by atoms with van der Waals surface area (Å²) in [7, 11) is 3.49. The van der Waals surface area contributed by atoms with Crippen LogP contribution in [0.5, 0.6) is 0 Å². The third-order valence-electron chi connectivity index (χ3n) is 5.70. The number of alkyl halides is 3. The zero-order valence-electron chi connectivity index (χ0n) is 17.8. The molecular weight excluding hydrogens is 458 g/mol. The third-order valence-corrected chi connectivity index (χ3v) is 6.17. The normalized spacial score (nSPS) is 21.8. The summed E-state index contributed by atoms with van der Waals surface area (Å²) in [5.41, 5.74) is -1.39. The van der Waals surface area contributed by atoms with Gasteiger partial charge < -0.3 is 15.0 Å². The van der Waals surface area contributed by atoms with Crippen LogP contribution in [-0.4, -0.2) is 76.6 Å². The number of aliphatic imine (C=N–C) groups is 1. The summed E-state index contributed by atoms with van der Waals surface area (Å²) in [6.45, 7) is 4.14. The van der Waals surface area contributed by atoms with Crippen LogP contribution in [-0.2, 0) is 15.7 Å². The number of amidine groups is 2. The first-order valence-corrected chi connectivity index (χ1v) is 11.2. The molecule has 0 spiro atoms. The second kappa shape index (κ2) is 9.25. The molecule has 2 atom stereocenters. The Hall–Kier alpha value is -2.73. The number of morpholine rings is 1. The molecule has 3 radical (unpaired) electrons. The zero-order valence-corrected chi connectivity index (χ0v) is 18.8. The monoisotopic (exact) mass is 480 g/mol. The van der Waals surface area contributed by atoms with E-state index in [4.69, 9.17) is 4.74 Å². The van der Waals surface area contributed by atoms with E-state index in [-0.39, 0.29) is 17.2 Å². The Bertz CT molecular complexity index is 1020. The number of benzene rings is 1. The maximum absolute atomic E-state index is 14.6. The molecule has 1 saturated heterocycles. The lowest BCUT2D eigenvalue weighted by Crippen LogP contribution is -2.47. The maximum atomic E-state index is 14.6. The first-order chi connectivity index (χ1) is 15.7. The summed E-state index contributed by atoms with van der Waals surface area (Å²) >= 11 is 0. The standard InChI is InChI=1S/C21H22F4N5O2Si/c1-12(14-3-2-4-16(18(14)22)21(23,24)25)27-20(31)15-9-17(29-5-7-32-8-6-29)28-30-13(11-33)10-26-19(15)30/h2-4,9,12-13H,5-8,10-11H2,1H3,(H,27,31)/t12-,13-/m1/s1. The Morgan fingerprint density at radius 2 is 2.06 bits per heavy atom. The number of nitrogens with zero attached hydrogens (tertiary/aromatic N) is 4. The van der Waals surface area contributed by atoms with Crippen LogP contribution in [0, 0.1) is 5.82 Å². The molecule has 1 aromatic rings. The number of fused-ring (bicyclic) bond motifs is 1. The Labute approximate surface area is 191 Å². The van der Waals surface area contributed by atoms with Gasteiger partial charge in [0.25, 0.3) is 5.91 Å². The fourth-order valence-electron chi connectivity index (χ4n) is 3.91. The minimum atomic E-state index is -4.83. The second-order valence-electron chi connectivity index (χ2n) is 7.88. The Morgan fingerprint density at radius 3 is 2.73 bits per heavy atom. The lowest BCUT2D eigenvalue weighted by molar-refractivity contribution is -0.140. The van der Waals surface area contributed by atoms with Crippen molar-refractivity contribution < 1.29 is 27.1 Å². The van der Waals surface area contributed by atoms with Crippen LogP contribution in [0.15, 0.2) is 39.9 Å². The Kier molecular flexibility index (Phi) is 6.57. The van der Waals surface area contributed by atoms with E-state index in [1.807, 2.05) is 4.90 Å². The number of carbonyl (C=O) groups excluding carboxylic acids is 1. The molecular formula is C21H22F4N5O2Si. The van der Waals surface area contributed by atoms with Crippen molar-refractivity contribution in [3.8, 4) is 0 Å². The smallest absolute Gasteiger partial charge is 0.378 e. The van der Waals surface area contributed by atoms with Crippen LogP contribution in [0.25, 0.3) is 0 Å². The molecule has 3 heterocycles. The lowest BCUT2D eigenvalue weighted by Gasteiger charge is -2.34. The molecule has 12 heteroatoms. The van der Waals surface area contributed by atoms with E-state index in [1.165, 1.54) is 13.0 Å². The van der Waals surface area contributed by atoms with Gasteiger partial charge in [0.05, 0.1) is 43.0 Å². The van der Waals surface area contributed by atoms with Gasteiger partial charge in [0.2, 0.25) is 0 Å². The van der Waals surface area contributed by atoms with Crippen molar-refractivity contribution in [2.75, 3.05) is 32.8 Å². The first-order valence-electron chi connectivity index (χ1n) is 10.5. The summed E-state index contributed by atoms with van der Waals surface area (Å²) in [6.07, 6.45) is -3.22. The number of rotatable bonds is 4. The molecule has 4 rings (SSSR count). The fraction of sp³-hybridized carbons (Fsp3) is 0.476. The van der Waals surface area contributed by atoms with E-state index < -0.39 is 29.5 Å². The topological polar surface area (TPSA) is 69.5 Å². The summed E-state index contributed by atoms with van der Waals surface area (Å²) in [5, 5.41) is 8.96. The van der Waals surface area contributed by atoms with E-state index in [0.717, 1.165) is 6.07 Å². The third kappa shape index (κ3) is 4.67. The van der Waals surface area contributed by atoms with Gasteiger partial charge in [0.15, 0.2) is 5.84 Å². The summed E-state index contributed by atoms with van der Waals surface area (Å²) in [4.78, 5) is 19.6. The predicted molar refractivity (Wildman–Crippen MR) is 114 cm³/mol. The summed E-state index contributed by atoms with van der Waals surface area (Å²) < 4.78 is 59.2. The van der Waals surface area contributed by atoms with Crippen LogP contribution >= 0.6 is 0 Å². The van der Waals surface area contributed by atoms with Crippen LogP contribution in [0.1, 0.15) is 24.1 Å². The molecule has 3 aliphatic heterocycles. The summed E-state index contributed by atoms with van der Waals surface area (Å²) in [6, 6.07) is 2.51. The SMILES string of the molecule is C[C@@H](NC(=O)C1=CC(N2CCOCC2)=NN2C1=NC[C@@H]2C[Si])c1cccc(C(F)(F)F)c1F. The molecule has 0 aromatic heterocycles. The summed E-state index contributed by atoms with van der Waals surface area (Å²) in [5.74, 6) is -1.01. The highest BCUT2D eigenvalue weighted by atomic mass is 28.1. The number of halogens is 4. The first kappa shape index (κ1) is 23.4. The fourth-order valence-corrected chi connectivity index (χ4v) is 4.21. The van der Waals surface area contributed by atoms with Crippen molar-refractivity contribution in [3.05, 3.63) is 46.8 Å². The molecule has 0 unspecified atom stereocenters. The van der Waals surface area contributed by atoms with E-state index in [1.54, 1.807) is 11.1 Å². The van der Waals surface area contributed by atoms with Gasteiger partial charge in [0.1, 0.15) is 11.7 Å². The van der Waals surface area contributed by atoms with Gasteiger partial charge in [-0.2, -0.15) is 18.3 Å². The van der Waals surface area contributed by atoms with Gasteiger partial charge in [-0.3, -0.25) is 9.79 Å². The van der Waals surface area contributed by atoms with Crippen molar-refractivity contribution >= 4 is 27.8 Å². The zero-order chi connectivity index (χ0) is 23.8. The molecule has 7 nitrogen and oxygen atoms in total. The minimum Gasteiger partial charge on any atom is -0.378 e. The van der Waals surface area contributed by atoms with Crippen LogP contribution in [0.2, 0.25) is 6.04 Å². The number of ether oxygens (including phenoxy) is 1. The van der Waals surface area contributed by atoms with Crippen molar-refractivity contribution in [2.24, 2.45) is 10.1 Å².